The van der Waals surface area contributed by atoms with Crippen molar-refractivity contribution in [2.45, 2.75) is 6.92 Å². The van der Waals surface area contributed by atoms with Gasteiger partial charge in [0, 0.05) is 23.0 Å². The predicted molar refractivity (Wildman–Crippen MR) is 82.9 cm³/mol. The van der Waals surface area contributed by atoms with Crippen molar-refractivity contribution >= 4 is 5.69 Å². The number of benzene rings is 2. The lowest BCUT2D eigenvalue weighted by atomic mass is 10.1. The molecule has 0 aliphatic rings. The van der Waals surface area contributed by atoms with E-state index in [2.05, 4.69) is 11.2 Å². The highest BCUT2D eigenvalue weighted by Crippen LogP contribution is 2.26. The molecule has 0 amide bonds. The second-order valence-electron chi connectivity index (χ2n) is 4.89. The summed E-state index contributed by atoms with van der Waals surface area (Å²) >= 11 is 0. The van der Waals surface area contributed by atoms with Crippen LogP contribution >= 0.6 is 0 Å². The van der Waals surface area contributed by atoms with Gasteiger partial charge >= 0.3 is 0 Å². The topological polar surface area (TPSA) is 67.6 Å². The highest BCUT2D eigenvalue weighted by molar-refractivity contribution is 5.75. The van der Waals surface area contributed by atoms with E-state index in [0.717, 1.165) is 22.4 Å². The van der Waals surface area contributed by atoms with E-state index in [1.54, 1.807) is 10.9 Å². The van der Waals surface area contributed by atoms with Gasteiger partial charge in [-0.2, -0.15) is 10.4 Å². The molecular weight excluding hydrogens is 260 g/mol. The van der Waals surface area contributed by atoms with E-state index < -0.39 is 0 Å². The SMILES string of the molecule is Cc1ccc(-n2cc(-c3ccccc3N)cn2)c(C#N)c1. The number of aromatic nitrogens is 2. The van der Waals surface area contributed by atoms with Crippen molar-refractivity contribution in [2.24, 2.45) is 0 Å². The van der Waals surface area contributed by atoms with Crippen LogP contribution in [0, 0.1) is 18.3 Å². The lowest BCUT2D eigenvalue weighted by Crippen LogP contribution is -1.98. The zero-order valence-electron chi connectivity index (χ0n) is 11.6. The molecule has 3 rings (SSSR count). The molecule has 21 heavy (non-hydrogen) atoms. The van der Waals surface area contributed by atoms with Crippen LogP contribution in [0.5, 0.6) is 0 Å². The van der Waals surface area contributed by atoms with Crippen molar-refractivity contribution in [2.75, 3.05) is 5.73 Å². The zero-order chi connectivity index (χ0) is 14.8. The van der Waals surface area contributed by atoms with Crippen LogP contribution in [0.1, 0.15) is 11.1 Å². The lowest BCUT2D eigenvalue weighted by molar-refractivity contribution is 0.877. The first-order valence-corrected chi connectivity index (χ1v) is 6.60. The lowest BCUT2D eigenvalue weighted by Gasteiger charge is -2.05. The molecule has 2 aromatic carbocycles. The normalized spacial score (nSPS) is 10.3. The quantitative estimate of drug-likeness (QED) is 0.729. The molecule has 0 atom stereocenters. The number of hydrogen-bond acceptors (Lipinski definition) is 3. The second-order valence-corrected chi connectivity index (χ2v) is 4.89. The first-order valence-electron chi connectivity index (χ1n) is 6.60. The van der Waals surface area contributed by atoms with E-state index in [4.69, 9.17) is 5.73 Å². The highest BCUT2D eigenvalue weighted by atomic mass is 15.3. The van der Waals surface area contributed by atoms with Crippen LogP contribution in [0.4, 0.5) is 5.69 Å². The van der Waals surface area contributed by atoms with Crippen LogP contribution < -0.4 is 5.73 Å². The van der Waals surface area contributed by atoms with Crippen LogP contribution in [-0.4, -0.2) is 9.78 Å². The van der Waals surface area contributed by atoms with Gasteiger partial charge in [-0.15, -0.1) is 0 Å². The third-order valence-electron chi connectivity index (χ3n) is 3.37. The molecule has 0 aliphatic carbocycles. The summed E-state index contributed by atoms with van der Waals surface area (Å²) in [5.74, 6) is 0. The highest BCUT2D eigenvalue weighted by Gasteiger charge is 2.09. The number of aryl methyl sites for hydroxylation is 1. The summed E-state index contributed by atoms with van der Waals surface area (Å²) in [5, 5.41) is 13.6. The molecule has 4 nitrogen and oxygen atoms in total. The van der Waals surface area contributed by atoms with Gasteiger partial charge in [-0.3, -0.25) is 0 Å². The molecule has 102 valence electrons. The average molecular weight is 274 g/mol. The van der Waals surface area contributed by atoms with Crippen LogP contribution in [0.15, 0.2) is 54.9 Å². The Labute approximate surface area is 123 Å². The van der Waals surface area contributed by atoms with Crippen molar-refractivity contribution in [3.8, 4) is 22.9 Å². The van der Waals surface area contributed by atoms with E-state index >= 15 is 0 Å². The molecule has 1 heterocycles. The predicted octanol–water partition coefficient (Wildman–Crippen LogP) is 3.30. The van der Waals surface area contributed by atoms with Crippen LogP contribution in [0.3, 0.4) is 0 Å². The number of nitrogens with two attached hydrogens (primary N) is 1. The van der Waals surface area contributed by atoms with Gasteiger partial charge in [0.05, 0.1) is 17.4 Å². The van der Waals surface area contributed by atoms with E-state index in [-0.39, 0.29) is 0 Å². The monoisotopic (exact) mass is 274 g/mol. The largest absolute Gasteiger partial charge is 0.398 e. The molecule has 1 aromatic heterocycles. The minimum atomic E-state index is 0.602. The van der Waals surface area contributed by atoms with E-state index in [1.165, 1.54) is 0 Å². The summed E-state index contributed by atoms with van der Waals surface area (Å²) < 4.78 is 1.71. The fraction of sp³-hybridized carbons (Fsp3) is 0.0588. The van der Waals surface area contributed by atoms with E-state index in [0.29, 0.717) is 11.3 Å². The standard InChI is InChI=1S/C17H14N4/c1-12-6-7-17(13(8-12)9-18)21-11-14(10-20-21)15-4-2-3-5-16(15)19/h2-8,10-11H,19H2,1H3. The summed E-state index contributed by atoms with van der Waals surface area (Å²) in [6.45, 7) is 1.96. The Morgan fingerprint density at radius 1 is 1.19 bits per heavy atom. The number of hydrogen-bond donors (Lipinski definition) is 1. The van der Waals surface area contributed by atoms with Crippen LogP contribution in [-0.2, 0) is 0 Å². The number of nitriles is 1. The Morgan fingerprint density at radius 3 is 2.76 bits per heavy atom. The molecular formula is C17H14N4. The second kappa shape index (κ2) is 5.14. The molecule has 0 aliphatic heterocycles. The Bertz CT molecular complexity index is 840. The number of nitrogen functional groups attached to an aromatic ring is 1. The number of anilines is 1. The van der Waals surface area contributed by atoms with E-state index in [9.17, 15) is 5.26 Å². The molecule has 0 radical (unpaired) electrons. The van der Waals surface area contributed by atoms with Crippen molar-refractivity contribution in [1.82, 2.24) is 9.78 Å². The average Bonchev–Trinajstić information content (AvgIpc) is 2.97. The molecule has 0 spiro atoms. The summed E-state index contributed by atoms with van der Waals surface area (Å²) in [6.07, 6.45) is 3.64. The molecule has 0 unspecified atom stereocenters. The Kier molecular flexibility index (Phi) is 3.17. The fourth-order valence-corrected chi connectivity index (χ4v) is 2.29. The number of para-hydroxylation sites is 1. The fourth-order valence-electron chi connectivity index (χ4n) is 2.29. The number of nitrogens with zero attached hydrogens (tertiary/aromatic N) is 3. The van der Waals surface area contributed by atoms with Crippen molar-refractivity contribution < 1.29 is 0 Å². The number of rotatable bonds is 2. The van der Waals surface area contributed by atoms with Gasteiger partial charge in [0.1, 0.15) is 6.07 Å². The summed E-state index contributed by atoms with van der Waals surface area (Å²) in [6, 6.07) is 15.6. The third kappa shape index (κ3) is 2.37. The van der Waals surface area contributed by atoms with Gasteiger partial charge in [-0.1, -0.05) is 24.3 Å². The molecule has 2 N–H and O–H groups in total. The Hall–Kier alpha value is -3.06. The molecule has 4 heteroatoms. The summed E-state index contributed by atoms with van der Waals surface area (Å²) in [7, 11) is 0. The molecule has 0 bridgehead atoms. The van der Waals surface area contributed by atoms with E-state index in [1.807, 2.05) is 55.6 Å². The maximum Gasteiger partial charge on any atom is 0.101 e. The minimum Gasteiger partial charge on any atom is -0.398 e. The zero-order valence-corrected chi connectivity index (χ0v) is 11.6. The molecule has 0 fully saturated rings. The Balaban J connectivity index is 2.08. The van der Waals surface area contributed by atoms with Crippen molar-refractivity contribution in [3.05, 3.63) is 66.0 Å². The molecule has 0 saturated carbocycles. The van der Waals surface area contributed by atoms with Gasteiger partial charge in [-0.05, 0) is 30.7 Å². The summed E-state index contributed by atoms with van der Waals surface area (Å²) in [4.78, 5) is 0. The van der Waals surface area contributed by atoms with Crippen LogP contribution in [0.2, 0.25) is 0 Å². The van der Waals surface area contributed by atoms with Crippen LogP contribution in [0.25, 0.3) is 16.8 Å². The molecule has 3 aromatic rings. The van der Waals surface area contributed by atoms with Gasteiger partial charge in [-0.25, -0.2) is 4.68 Å². The van der Waals surface area contributed by atoms with Gasteiger partial charge in [0.15, 0.2) is 0 Å². The van der Waals surface area contributed by atoms with Gasteiger partial charge < -0.3 is 5.73 Å². The molecule has 0 saturated heterocycles. The third-order valence-corrected chi connectivity index (χ3v) is 3.37. The maximum absolute atomic E-state index is 9.26. The maximum atomic E-state index is 9.26. The minimum absolute atomic E-state index is 0.602. The first kappa shape index (κ1) is 12.9. The first-order chi connectivity index (χ1) is 10.2. The van der Waals surface area contributed by atoms with Gasteiger partial charge in [0.2, 0.25) is 0 Å². The smallest absolute Gasteiger partial charge is 0.101 e. The van der Waals surface area contributed by atoms with Gasteiger partial charge in [0.25, 0.3) is 0 Å². The van der Waals surface area contributed by atoms with Crippen molar-refractivity contribution in [3.63, 3.8) is 0 Å². The summed E-state index contributed by atoms with van der Waals surface area (Å²) in [5.41, 5.74) is 11.0. The van der Waals surface area contributed by atoms with Crippen molar-refractivity contribution in [1.29, 1.82) is 5.26 Å². The Morgan fingerprint density at radius 2 is 2.00 bits per heavy atom.